The van der Waals surface area contributed by atoms with Crippen LogP contribution >= 0.6 is 0 Å². The molecule has 0 amide bonds. The van der Waals surface area contributed by atoms with Crippen molar-refractivity contribution in [2.75, 3.05) is 0 Å². The molecule has 20 heavy (non-hydrogen) atoms. The summed E-state index contributed by atoms with van der Waals surface area (Å²) in [7, 11) is 0. The summed E-state index contributed by atoms with van der Waals surface area (Å²) in [6, 6.07) is 5.60. The van der Waals surface area contributed by atoms with E-state index in [0.717, 1.165) is 0 Å². The Labute approximate surface area is 114 Å². The number of aliphatic imine (C=N–C) groups is 1. The zero-order chi connectivity index (χ0) is 14.8. The number of alkyl halides is 3. The largest absolute Gasteiger partial charge is 0.573 e. The summed E-state index contributed by atoms with van der Waals surface area (Å²) in [5, 5.41) is 0. The molecule has 1 aromatic rings. The van der Waals surface area contributed by atoms with Crippen molar-refractivity contribution in [2.45, 2.75) is 25.6 Å². The van der Waals surface area contributed by atoms with Crippen LogP contribution in [0, 0.1) is 0 Å². The third-order valence-corrected chi connectivity index (χ3v) is 2.91. The zero-order valence-electron chi connectivity index (χ0n) is 10.7. The summed E-state index contributed by atoms with van der Waals surface area (Å²) in [5.74, 6) is -0.250. The Bertz CT molecular complexity index is 528. The van der Waals surface area contributed by atoms with Crippen molar-refractivity contribution in [1.29, 1.82) is 0 Å². The highest BCUT2D eigenvalue weighted by atomic mass is 19.4. The molecule has 1 heterocycles. The first-order valence-electron chi connectivity index (χ1n) is 5.95. The Balaban J connectivity index is 2.18. The van der Waals surface area contributed by atoms with Crippen LogP contribution in [-0.2, 0) is 0 Å². The molecule has 2 atom stereocenters. The maximum Gasteiger partial charge on any atom is 0.573 e. The fourth-order valence-corrected chi connectivity index (χ4v) is 1.94. The Morgan fingerprint density at radius 1 is 1.40 bits per heavy atom. The summed E-state index contributed by atoms with van der Waals surface area (Å²) in [6.45, 7) is 1.83. The molecule has 0 saturated heterocycles. The number of ether oxygens (including phenoxy) is 1. The van der Waals surface area contributed by atoms with E-state index in [1.54, 1.807) is 29.5 Å². The number of hydrogen-bond acceptors (Lipinski definition) is 4. The van der Waals surface area contributed by atoms with E-state index in [9.17, 15) is 13.2 Å². The molecule has 0 saturated carbocycles. The number of hydrogen-bond donors (Lipinski definition) is 1. The van der Waals surface area contributed by atoms with Gasteiger partial charge in [-0.05, 0) is 30.7 Å². The predicted molar refractivity (Wildman–Crippen MR) is 69.0 cm³/mol. The second-order valence-corrected chi connectivity index (χ2v) is 4.30. The molecule has 108 valence electrons. The second-order valence-electron chi connectivity index (χ2n) is 4.30. The highest BCUT2D eigenvalue weighted by Gasteiger charge is 2.31. The molecule has 2 N–H and O–H groups in total. The number of rotatable bonds is 3. The van der Waals surface area contributed by atoms with Gasteiger partial charge in [0.05, 0.1) is 6.04 Å². The smallest absolute Gasteiger partial charge is 0.406 e. The van der Waals surface area contributed by atoms with Crippen molar-refractivity contribution in [3.05, 3.63) is 42.1 Å². The standard InChI is InChI=1S/C13H14F3N3O/c1-9(19-7-3-6-18-12(19)17)10-4-2-5-11(8-10)20-13(14,15)16/h2-9,12H,17H2,1H3. The van der Waals surface area contributed by atoms with Gasteiger partial charge in [0, 0.05) is 12.4 Å². The number of benzene rings is 1. The van der Waals surface area contributed by atoms with E-state index in [1.807, 2.05) is 6.92 Å². The van der Waals surface area contributed by atoms with Gasteiger partial charge >= 0.3 is 6.36 Å². The number of nitrogens with zero attached hydrogens (tertiary/aromatic N) is 2. The molecular formula is C13H14F3N3O. The van der Waals surface area contributed by atoms with Crippen LogP contribution in [-0.4, -0.2) is 23.8 Å². The van der Waals surface area contributed by atoms with Crippen LogP contribution in [0.5, 0.6) is 5.75 Å². The lowest BCUT2D eigenvalue weighted by Crippen LogP contribution is -2.39. The van der Waals surface area contributed by atoms with Gasteiger partial charge in [-0.25, -0.2) is 0 Å². The summed E-state index contributed by atoms with van der Waals surface area (Å²) >= 11 is 0. The fourth-order valence-electron chi connectivity index (χ4n) is 1.94. The molecule has 0 radical (unpaired) electrons. The molecule has 0 bridgehead atoms. The molecule has 7 heteroatoms. The van der Waals surface area contributed by atoms with Crippen LogP contribution in [0.1, 0.15) is 18.5 Å². The second kappa shape index (κ2) is 5.54. The maximum atomic E-state index is 12.2. The van der Waals surface area contributed by atoms with Crippen molar-refractivity contribution in [3.8, 4) is 5.75 Å². The minimum atomic E-state index is -4.70. The number of halogens is 3. The SMILES string of the molecule is CC(c1cccc(OC(F)(F)F)c1)N1C=CC=NC1N. The molecule has 0 aliphatic carbocycles. The Morgan fingerprint density at radius 3 is 2.80 bits per heavy atom. The third-order valence-electron chi connectivity index (χ3n) is 2.91. The van der Waals surface area contributed by atoms with E-state index in [2.05, 4.69) is 9.73 Å². The van der Waals surface area contributed by atoms with Crippen molar-refractivity contribution in [2.24, 2.45) is 10.7 Å². The average molecular weight is 285 g/mol. The quantitative estimate of drug-likeness (QED) is 0.929. The van der Waals surface area contributed by atoms with Crippen LogP contribution in [0.3, 0.4) is 0 Å². The molecule has 4 nitrogen and oxygen atoms in total. The molecule has 2 rings (SSSR count). The first-order chi connectivity index (χ1) is 9.37. The van der Waals surface area contributed by atoms with Crippen LogP contribution in [0.25, 0.3) is 0 Å². The average Bonchev–Trinajstić information content (AvgIpc) is 2.37. The van der Waals surface area contributed by atoms with Gasteiger partial charge < -0.3 is 9.64 Å². The predicted octanol–water partition coefficient (Wildman–Crippen LogP) is 2.79. The minimum Gasteiger partial charge on any atom is -0.406 e. The van der Waals surface area contributed by atoms with Gasteiger partial charge in [-0.15, -0.1) is 13.2 Å². The summed E-state index contributed by atoms with van der Waals surface area (Å²) in [6.07, 6.45) is -0.206. The van der Waals surface area contributed by atoms with Gasteiger partial charge in [-0.1, -0.05) is 12.1 Å². The Morgan fingerprint density at radius 2 is 2.15 bits per heavy atom. The molecule has 0 spiro atoms. The van der Waals surface area contributed by atoms with E-state index < -0.39 is 12.7 Å². The normalized spacial score (nSPS) is 20.1. The Hall–Kier alpha value is -2.02. The summed E-state index contributed by atoms with van der Waals surface area (Å²) < 4.78 is 40.5. The molecule has 1 aromatic carbocycles. The lowest BCUT2D eigenvalue weighted by atomic mass is 10.1. The van der Waals surface area contributed by atoms with Crippen molar-refractivity contribution < 1.29 is 17.9 Å². The van der Waals surface area contributed by atoms with E-state index in [4.69, 9.17) is 5.73 Å². The van der Waals surface area contributed by atoms with E-state index in [-0.39, 0.29) is 11.8 Å². The lowest BCUT2D eigenvalue weighted by molar-refractivity contribution is -0.274. The van der Waals surface area contributed by atoms with Crippen LogP contribution in [0.4, 0.5) is 13.2 Å². The van der Waals surface area contributed by atoms with Crippen LogP contribution < -0.4 is 10.5 Å². The van der Waals surface area contributed by atoms with Gasteiger partial charge in [-0.2, -0.15) is 0 Å². The van der Waals surface area contributed by atoms with Crippen LogP contribution in [0.15, 0.2) is 41.5 Å². The first kappa shape index (κ1) is 14.4. The third kappa shape index (κ3) is 3.51. The number of allylic oxidation sites excluding steroid dienone is 1. The highest BCUT2D eigenvalue weighted by molar-refractivity contribution is 5.71. The molecule has 2 unspecified atom stereocenters. The molecule has 1 aliphatic heterocycles. The van der Waals surface area contributed by atoms with E-state index >= 15 is 0 Å². The van der Waals surface area contributed by atoms with Gasteiger partial charge in [0.1, 0.15) is 5.75 Å². The summed E-state index contributed by atoms with van der Waals surface area (Å²) in [4.78, 5) is 5.76. The van der Waals surface area contributed by atoms with Gasteiger partial charge in [0.25, 0.3) is 0 Å². The molecule has 1 aliphatic rings. The van der Waals surface area contributed by atoms with Crippen molar-refractivity contribution in [1.82, 2.24) is 4.90 Å². The van der Waals surface area contributed by atoms with Crippen LogP contribution in [0.2, 0.25) is 0 Å². The van der Waals surface area contributed by atoms with E-state index in [0.29, 0.717) is 5.56 Å². The molecular weight excluding hydrogens is 271 g/mol. The summed E-state index contributed by atoms with van der Waals surface area (Å²) in [5.41, 5.74) is 6.48. The van der Waals surface area contributed by atoms with E-state index in [1.165, 1.54) is 18.2 Å². The monoisotopic (exact) mass is 285 g/mol. The van der Waals surface area contributed by atoms with Gasteiger partial charge in [0.15, 0.2) is 6.29 Å². The molecule has 0 aromatic heterocycles. The van der Waals surface area contributed by atoms with Crippen molar-refractivity contribution in [3.63, 3.8) is 0 Å². The number of nitrogens with two attached hydrogens (primary N) is 1. The zero-order valence-corrected chi connectivity index (χ0v) is 10.7. The topological polar surface area (TPSA) is 50.8 Å². The van der Waals surface area contributed by atoms with Gasteiger partial charge in [-0.3, -0.25) is 10.7 Å². The van der Waals surface area contributed by atoms with Crippen molar-refractivity contribution >= 4 is 6.21 Å². The minimum absolute atomic E-state index is 0.226. The Kier molecular flexibility index (Phi) is 3.99. The molecule has 0 fully saturated rings. The lowest BCUT2D eigenvalue weighted by Gasteiger charge is -2.32. The first-order valence-corrected chi connectivity index (χ1v) is 5.95. The highest BCUT2D eigenvalue weighted by Crippen LogP contribution is 2.28. The maximum absolute atomic E-state index is 12.2. The van der Waals surface area contributed by atoms with Gasteiger partial charge in [0.2, 0.25) is 0 Å². The fraction of sp³-hybridized carbons (Fsp3) is 0.308.